The van der Waals surface area contributed by atoms with Gasteiger partial charge >= 0.3 is 0 Å². The summed E-state index contributed by atoms with van der Waals surface area (Å²) in [5.74, 6) is 1.04. The van der Waals surface area contributed by atoms with Gasteiger partial charge in [-0.2, -0.15) is 0 Å². The second kappa shape index (κ2) is 8.24. The first-order valence-electron chi connectivity index (χ1n) is 5.43. The van der Waals surface area contributed by atoms with E-state index >= 15 is 0 Å². The van der Waals surface area contributed by atoms with E-state index in [1.165, 1.54) is 0 Å². The minimum atomic E-state index is -0.520. The van der Waals surface area contributed by atoms with Crippen LogP contribution < -0.4 is 20.5 Å². The van der Waals surface area contributed by atoms with Gasteiger partial charge in [-0.25, -0.2) is 0 Å². The minimum absolute atomic E-state index is 0. The van der Waals surface area contributed by atoms with Crippen LogP contribution in [0.5, 0.6) is 11.5 Å². The zero-order valence-electron chi connectivity index (χ0n) is 11.0. The fraction of sp³-hybridized carbons (Fsp3) is 0.417. The lowest BCUT2D eigenvalue weighted by Crippen LogP contribution is -2.37. The normalized spacial score (nSPS) is 11.2. The van der Waals surface area contributed by atoms with Gasteiger partial charge in [-0.1, -0.05) is 0 Å². The summed E-state index contributed by atoms with van der Waals surface area (Å²) in [4.78, 5) is 11.4. The number of nitrogens with two attached hydrogens (primary N) is 1. The number of benzene rings is 1. The number of ether oxygens (including phenoxy) is 2. The lowest BCUT2D eigenvalue weighted by Gasteiger charge is -2.13. The molecule has 0 bridgehead atoms. The third-order valence-electron chi connectivity index (χ3n) is 2.37. The van der Waals surface area contributed by atoms with Crippen molar-refractivity contribution >= 4 is 34.2 Å². The van der Waals surface area contributed by atoms with Gasteiger partial charge in [0.15, 0.2) is 11.5 Å². The Morgan fingerprint density at radius 3 is 2.53 bits per heavy atom. The van der Waals surface area contributed by atoms with E-state index in [1.54, 1.807) is 21.1 Å². The van der Waals surface area contributed by atoms with E-state index in [9.17, 15) is 4.79 Å². The highest BCUT2D eigenvalue weighted by Crippen LogP contribution is 2.36. The van der Waals surface area contributed by atoms with Crippen LogP contribution in [0.2, 0.25) is 0 Å². The quantitative estimate of drug-likeness (QED) is 0.847. The molecule has 1 atom stereocenters. The lowest BCUT2D eigenvalue weighted by molar-refractivity contribution is -0.122. The van der Waals surface area contributed by atoms with E-state index in [0.717, 1.165) is 10.0 Å². The van der Waals surface area contributed by atoms with E-state index in [0.29, 0.717) is 18.0 Å². The molecular weight excluding hydrogens is 336 g/mol. The molecule has 3 N–H and O–H groups in total. The van der Waals surface area contributed by atoms with E-state index in [4.69, 9.17) is 15.2 Å². The minimum Gasteiger partial charge on any atom is -0.493 e. The van der Waals surface area contributed by atoms with Crippen LogP contribution in [-0.4, -0.2) is 26.2 Å². The van der Waals surface area contributed by atoms with Crippen molar-refractivity contribution in [3.8, 4) is 11.5 Å². The Morgan fingerprint density at radius 1 is 1.42 bits per heavy atom. The Kier molecular flexibility index (Phi) is 7.82. The lowest BCUT2D eigenvalue weighted by atomic mass is 10.2. The van der Waals surface area contributed by atoms with Crippen LogP contribution in [0.3, 0.4) is 0 Å². The average molecular weight is 354 g/mol. The number of rotatable bonds is 5. The number of hydrogen-bond donors (Lipinski definition) is 2. The van der Waals surface area contributed by atoms with Gasteiger partial charge in [-0.15, -0.1) is 12.4 Å². The van der Waals surface area contributed by atoms with Gasteiger partial charge in [0, 0.05) is 6.54 Å². The summed E-state index contributed by atoms with van der Waals surface area (Å²) in [6, 6.07) is 3.15. The predicted octanol–water partition coefficient (Wildman–Crippen LogP) is 1.85. The number of carbonyl (C=O) groups excluding carboxylic acids is 1. The third-order valence-corrected chi connectivity index (χ3v) is 2.96. The Labute approximate surface area is 127 Å². The number of hydrogen-bond acceptors (Lipinski definition) is 4. The van der Waals surface area contributed by atoms with Crippen molar-refractivity contribution in [3.05, 3.63) is 22.2 Å². The average Bonchev–Trinajstić information content (AvgIpc) is 2.34. The highest BCUT2D eigenvalue weighted by atomic mass is 79.9. The van der Waals surface area contributed by atoms with Crippen molar-refractivity contribution in [2.45, 2.75) is 19.5 Å². The van der Waals surface area contributed by atoms with Gasteiger partial charge in [-0.3, -0.25) is 4.79 Å². The molecule has 1 amide bonds. The second-order valence-electron chi connectivity index (χ2n) is 3.82. The molecule has 0 aliphatic rings. The maximum absolute atomic E-state index is 11.4. The monoisotopic (exact) mass is 352 g/mol. The van der Waals surface area contributed by atoms with E-state index in [1.807, 2.05) is 12.1 Å². The molecule has 0 aliphatic carbocycles. The van der Waals surface area contributed by atoms with Crippen LogP contribution in [0.15, 0.2) is 16.6 Å². The molecule has 5 nitrogen and oxygen atoms in total. The molecule has 0 saturated carbocycles. The zero-order valence-corrected chi connectivity index (χ0v) is 13.4. The SMILES string of the molecule is COc1cc(CNC(=O)[C@@H](C)N)cc(Br)c1OC.Cl. The van der Waals surface area contributed by atoms with Crippen LogP contribution in [0.25, 0.3) is 0 Å². The fourth-order valence-electron chi connectivity index (χ4n) is 1.42. The molecule has 0 heterocycles. The number of carbonyl (C=O) groups is 1. The molecule has 0 unspecified atom stereocenters. The molecule has 108 valence electrons. The van der Waals surface area contributed by atoms with Gasteiger partial charge in [0.05, 0.1) is 24.7 Å². The standard InChI is InChI=1S/C12H17BrN2O3.ClH/c1-7(14)12(16)15-6-8-4-9(13)11(18-3)10(5-8)17-2;/h4-5,7H,6,14H2,1-3H3,(H,15,16);1H/t7-;/m1./s1. The molecule has 0 aromatic heterocycles. The van der Waals surface area contributed by atoms with Crippen molar-refractivity contribution in [1.29, 1.82) is 0 Å². The molecule has 1 rings (SSSR count). The smallest absolute Gasteiger partial charge is 0.236 e. The fourth-order valence-corrected chi connectivity index (χ4v) is 2.07. The summed E-state index contributed by atoms with van der Waals surface area (Å²) in [7, 11) is 3.13. The van der Waals surface area contributed by atoms with Crippen molar-refractivity contribution in [2.24, 2.45) is 5.73 Å². The summed E-state index contributed by atoms with van der Waals surface area (Å²) >= 11 is 3.39. The van der Waals surface area contributed by atoms with Gasteiger partial charge in [-0.05, 0) is 40.5 Å². The first-order valence-corrected chi connectivity index (χ1v) is 6.22. The maximum Gasteiger partial charge on any atom is 0.236 e. The van der Waals surface area contributed by atoms with Gasteiger partial charge in [0.25, 0.3) is 0 Å². The maximum atomic E-state index is 11.4. The number of nitrogens with one attached hydrogen (secondary N) is 1. The highest BCUT2D eigenvalue weighted by Gasteiger charge is 2.12. The Hall–Kier alpha value is -0.980. The topological polar surface area (TPSA) is 73.6 Å². The Morgan fingerprint density at radius 2 is 2.05 bits per heavy atom. The third kappa shape index (κ3) is 4.89. The van der Waals surface area contributed by atoms with Gasteiger partial charge in [0.1, 0.15) is 0 Å². The summed E-state index contributed by atoms with van der Waals surface area (Å²) in [6.07, 6.45) is 0. The molecule has 0 fully saturated rings. The van der Waals surface area contributed by atoms with Crippen LogP contribution >= 0.6 is 28.3 Å². The summed E-state index contributed by atoms with van der Waals surface area (Å²) in [6.45, 7) is 2.03. The van der Waals surface area contributed by atoms with E-state index in [2.05, 4.69) is 21.2 Å². The Bertz CT molecular complexity index is 441. The van der Waals surface area contributed by atoms with Crippen LogP contribution in [0, 0.1) is 0 Å². The molecule has 0 aliphatic heterocycles. The summed E-state index contributed by atoms with van der Waals surface area (Å²) < 4.78 is 11.2. The van der Waals surface area contributed by atoms with Crippen molar-refractivity contribution in [3.63, 3.8) is 0 Å². The molecule has 1 aromatic carbocycles. The molecule has 1 aromatic rings. The van der Waals surface area contributed by atoms with E-state index < -0.39 is 6.04 Å². The zero-order chi connectivity index (χ0) is 13.7. The largest absolute Gasteiger partial charge is 0.493 e. The summed E-state index contributed by atoms with van der Waals surface area (Å²) in [5.41, 5.74) is 6.36. The highest BCUT2D eigenvalue weighted by molar-refractivity contribution is 9.10. The number of amides is 1. The predicted molar refractivity (Wildman–Crippen MR) is 80.0 cm³/mol. The Balaban J connectivity index is 0.00000324. The van der Waals surface area contributed by atoms with Gasteiger partial charge < -0.3 is 20.5 Å². The van der Waals surface area contributed by atoms with Crippen molar-refractivity contribution in [1.82, 2.24) is 5.32 Å². The number of methoxy groups -OCH3 is 2. The van der Waals surface area contributed by atoms with Crippen LogP contribution in [0.1, 0.15) is 12.5 Å². The van der Waals surface area contributed by atoms with Crippen molar-refractivity contribution in [2.75, 3.05) is 14.2 Å². The van der Waals surface area contributed by atoms with E-state index in [-0.39, 0.29) is 18.3 Å². The van der Waals surface area contributed by atoms with Crippen LogP contribution in [-0.2, 0) is 11.3 Å². The number of halogens is 2. The summed E-state index contributed by atoms with van der Waals surface area (Å²) in [5, 5.41) is 2.73. The van der Waals surface area contributed by atoms with Crippen LogP contribution in [0.4, 0.5) is 0 Å². The molecule has 0 spiro atoms. The second-order valence-corrected chi connectivity index (χ2v) is 4.67. The molecule has 19 heavy (non-hydrogen) atoms. The van der Waals surface area contributed by atoms with Gasteiger partial charge in [0.2, 0.25) is 5.91 Å². The molecule has 0 saturated heterocycles. The first-order chi connectivity index (χ1) is 8.49. The van der Waals surface area contributed by atoms with Crippen molar-refractivity contribution < 1.29 is 14.3 Å². The molecule has 0 radical (unpaired) electrons. The molecular formula is C12H18BrClN2O3. The molecule has 7 heteroatoms. The first kappa shape index (κ1) is 18.0.